The summed E-state index contributed by atoms with van der Waals surface area (Å²) < 4.78 is 11.7. The molecule has 178 valence electrons. The third kappa shape index (κ3) is 6.08. The topological polar surface area (TPSA) is 126 Å². The third-order valence-electron chi connectivity index (χ3n) is 4.51. The predicted octanol–water partition coefficient (Wildman–Crippen LogP) is 4.48. The van der Waals surface area contributed by atoms with Crippen molar-refractivity contribution in [2.24, 2.45) is 4.99 Å². The maximum Gasteiger partial charge on any atom is 0.341 e. The molecule has 1 fully saturated rings. The van der Waals surface area contributed by atoms with E-state index in [2.05, 4.69) is 4.99 Å². The number of aliphatic imine (C=N–C) groups is 1. The van der Waals surface area contributed by atoms with Crippen molar-refractivity contribution < 1.29 is 34.1 Å². The molecule has 1 amide bonds. The van der Waals surface area contributed by atoms with Gasteiger partial charge in [0.1, 0.15) is 0 Å². The molecule has 0 saturated carbocycles. The number of carbonyl (C=O) groups excluding carboxylic acids is 1. The molecule has 34 heavy (non-hydrogen) atoms. The lowest BCUT2D eigenvalue weighted by Crippen LogP contribution is -2.28. The highest BCUT2D eigenvalue weighted by atomic mass is 127. The number of aromatic carboxylic acids is 1. The van der Waals surface area contributed by atoms with Gasteiger partial charge in [-0.2, -0.15) is 0 Å². The van der Waals surface area contributed by atoms with Gasteiger partial charge in [-0.25, -0.2) is 14.6 Å². The van der Waals surface area contributed by atoms with Crippen LogP contribution in [0.4, 0.5) is 5.69 Å². The van der Waals surface area contributed by atoms with Crippen molar-refractivity contribution in [1.82, 2.24) is 4.90 Å². The van der Waals surface area contributed by atoms with Gasteiger partial charge in [-0.3, -0.25) is 9.69 Å². The van der Waals surface area contributed by atoms with Crippen molar-refractivity contribution in [1.29, 1.82) is 0 Å². The number of thioether (sulfide) groups is 1. The Morgan fingerprint density at radius 2 is 1.85 bits per heavy atom. The highest BCUT2D eigenvalue weighted by Crippen LogP contribution is 2.38. The molecule has 2 aromatic carbocycles. The van der Waals surface area contributed by atoms with Crippen molar-refractivity contribution >= 4 is 69.1 Å². The molecule has 9 nitrogen and oxygen atoms in total. The van der Waals surface area contributed by atoms with E-state index in [9.17, 15) is 14.4 Å². The quantitative estimate of drug-likeness (QED) is 0.321. The summed E-state index contributed by atoms with van der Waals surface area (Å²) in [6, 6.07) is 9.56. The Morgan fingerprint density at radius 3 is 2.44 bits per heavy atom. The highest BCUT2D eigenvalue weighted by molar-refractivity contribution is 14.1. The van der Waals surface area contributed by atoms with Crippen LogP contribution in [0.2, 0.25) is 0 Å². The van der Waals surface area contributed by atoms with E-state index in [1.54, 1.807) is 42.2 Å². The van der Waals surface area contributed by atoms with Crippen molar-refractivity contribution in [3.05, 3.63) is 56.0 Å². The fraction of sp³-hybridized carbons (Fsp3) is 0.217. The van der Waals surface area contributed by atoms with E-state index in [4.69, 9.17) is 19.7 Å². The first-order valence-corrected chi connectivity index (χ1v) is 12.1. The minimum Gasteiger partial charge on any atom is -0.490 e. The van der Waals surface area contributed by atoms with Crippen LogP contribution < -0.4 is 9.47 Å². The summed E-state index contributed by atoms with van der Waals surface area (Å²) >= 11 is 3.25. The first-order valence-electron chi connectivity index (χ1n) is 10.2. The van der Waals surface area contributed by atoms with Crippen LogP contribution in [0.25, 0.3) is 6.08 Å². The molecule has 1 aliphatic rings. The van der Waals surface area contributed by atoms with Gasteiger partial charge >= 0.3 is 11.9 Å². The van der Waals surface area contributed by atoms with Crippen LogP contribution in [0.15, 0.2) is 46.3 Å². The van der Waals surface area contributed by atoms with Gasteiger partial charge in [-0.05, 0) is 96.2 Å². The number of hydrogen-bond acceptors (Lipinski definition) is 7. The number of nitrogens with zero attached hydrogens (tertiary/aromatic N) is 2. The van der Waals surface area contributed by atoms with Crippen LogP contribution in [-0.4, -0.2) is 57.9 Å². The number of amidine groups is 1. The molecular formula is C23H21IN2O7S. The lowest BCUT2D eigenvalue weighted by molar-refractivity contribution is -0.139. The molecule has 2 aromatic rings. The minimum absolute atomic E-state index is 0.155. The van der Waals surface area contributed by atoms with Crippen LogP contribution in [0, 0.1) is 3.57 Å². The minimum atomic E-state index is -1.10. The summed E-state index contributed by atoms with van der Waals surface area (Å²) in [6.45, 7) is 3.92. The number of halogens is 1. The molecule has 1 saturated heterocycles. The smallest absolute Gasteiger partial charge is 0.341 e. The van der Waals surface area contributed by atoms with Crippen molar-refractivity contribution in [2.75, 3.05) is 19.8 Å². The van der Waals surface area contributed by atoms with Gasteiger partial charge in [0.05, 0.1) is 26.3 Å². The van der Waals surface area contributed by atoms with Crippen molar-refractivity contribution in [3.8, 4) is 11.5 Å². The number of ether oxygens (including phenoxy) is 2. The number of benzene rings is 2. The number of aliphatic carboxylic acids is 1. The molecule has 0 atom stereocenters. The average molecular weight is 596 g/mol. The zero-order valence-electron chi connectivity index (χ0n) is 18.3. The number of carboxylic acid groups (broad SMARTS) is 2. The van der Waals surface area contributed by atoms with E-state index in [1.165, 1.54) is 23.9 Å². The Morgan fingerprint density at radius 1 is 1.15 bits per heavy atom. The van der Waals surface area contributed by atoms with Crippen molar-refractivity contribution in [2.45, 2.75) is 13.8 Å². The largest absolute Gasteiger partial charge is 0.490 e. The molecule has 1 heterocycles. The zero-order chi connectivity index (χ0) is 24.8. The Kier molecular flexibility index (Phi) is 8.56. The Hall–Kier alpha value is -3.06. The van der Waals surface area contributed by atoms with E-state index in [0.717, 1.165) is 0 Å². The molecule has 2 N–H and O–H groups in total. The van der Waals surface area contributed by atoms with Gasteiger partial charge in [-0.15, -0.1) is 0 Å². The first-order chi connectivity index (χ1) is 16.2. The van der Waals surface area contributed by atoms with Crippen LogP contribution in [0.3, 0.4) is 0 Å². The Labute approximate surface area is 213 Å². The normalized spacial score (nSPS) is 15.7. The fourth-order valence-electron chi connectivity index (χ4n) is 3.02. The summed E-state index contributed by atoms with van der Waals surface area (Å²) in [4.78, 5) is 41.4. The maximum absolute atomic E-state index is 13.0. The molecule has 0 spiro atoms. The molecule has 0 aliphatic carbocycles. The molecule has 0 bridgehead atoms. The number of likely N-dealkylation sites (N-methyl/N-ethyl adjacent to an activating group) is 1. The van der Waals surface area contributed by atoms with E-state index in [-0.39, 0.29) is 11.5 Å². The summed E-state index contributed by atoms with van der Waals surface area (Å²) in [5.41, 5.74) is 1.38. The first kappa shape index (κ1) is 25.6. The van der Waals surface area contributed by atoms with Gasteiger partial charge < -0.3 is 19.7 Å². The molecular weight excluding hydrogens is 575 g/mol. The number of carboxylic acids is 2. The number of carbonyl (C=O) groups is 3. The number of hydrogen-bond donors (Lipinski definition) is 2. The van der Waals surface area contributed by atoms with Gasteiger partial charge in [0, 0.05) is 6.54 Å². The summed E-state index contributed by atoms with van der Waals surface area (Å²) in [5, 5.41) is 18.5. The number of amides is 1. The van der Waals surface area contributed by atoms with E-state index >= 15 is 0 Å². The monoisotopic (exact) mass is 596 g/mol. The molecule has 0 radical (unpaired) electrons. The number of rotatable bonds is 9. The van der Waals surface area contributed by atoms with Gasteiger partial charge in [-0.1, -0.05) is 0 Å². The highest BCUT2D eigenvalue weighted by Gasteiger charge is 2.32. The fourth-order valence-corrected chi connectivity index (χ4v) is 4.86. The molecule has 11 heteroatoms. The SMILES string of the molecule is CCOc1cc(/C=C2/SC(=Nc3ccc(C(=O)O)cc3)N(CC)C2=O)cc(I)c1OCC(=O)O. The third-order valence-corrected chi connectivity index (χ3v) is 6.32. The van der Waals surface area contributed by atoms with Gasteiger partial charge in [0.15, 0.2) is 23.3 Å². The van der Waals surface area contributed by atoms with E-state index < -0.39 is 18.5 Å². The summed E-state index contributed by atoms with van der Waals surface area (Å²) in [6.07, 6.45) is 1.72. The summed E-state index contributed by atoms with van der Waals surface area (Å²) in [5.74, 6) is -1.60. The lowest BCUT2D eigenvalue weighted by atomic mass is 10.2. The second kappa shape index (κ2) is 11.4. The molecule has 3 rings (SSSR count). The Balaban J connectivity index is 1.92. The standard InChI is InChI=1S/C23H21IN2O7S/c1-3-26-21(29)18(34-23(26)25-15-7-5-14(6-8-15)22(30)31)11-13-9-16(24)20(33-12-19(27)28)17(10-13)32-4-2/h5-11H,3-4,12H2,1-2H3,(H,27,28)(H,30,31)/b18-11+,25-23?. The lowest BCUT2D eigenvalue weighted by Gasteiger charge is -2.14. The zero-order valence-corrected chi connectivity index (χ0v) is 21.3. The van der Waals surface area contributed by atoms with Gasteiger partial charge in [0.25, 0.3) is 5.91 Å². The molecule has 1 aliphatic heterocycles. The van der Waals surface area contributed by atoms with E-state index in [1.807, 2.05) is 29.5 Å². The second-order valence-electron chi connectivity index (χ2n) is 6.85. The predicted molar refractivity (Wildman–Crippen MR) is 137 cm³/mol. The second-order valence-corrected chi connectivity index (χ2v) is 9.02. The van der Waals surface area contributed by atoms with Crippen molar-refractivity contribution in [3.63, 3.8) is 0 Å². The maximum atomic E-state index is 13.0. The van der Waals surface area contributed by atoms with Crippen LogP contribution >= 0.6 is 34.4 Å². The molecule has 0 unspecified atom stereocenters. The van der Waals surface area contributed by atoms with Gasteiger partial charge in [0.2, 0.25) is 0 Å². The summed E-state index contributed by atoms with van der Waals surface area (Å²) in [7, 11) is 0. The van der Waals surface area contributed by atoms with Crippen LogP contribution in [0.5, 0.6) is 11.5 Å². The van der Waals surface area contributed by atoms with Crippen LogP contribution in [0.1, 0.15) is 29.8 Å². The molecule has 0 aromatic heterocycles. The average Bonchev–Trinajstić information content (AvgIpc) is 3.07. The Bertz CT molecular complexity index is 1180. The van der Waals surface area contributed by atoms with Crippen LogP contribution in [-0.2, 0) is 9.59 Å². The van der Waals surface area contributed by atoms with E-state index in [0.29, 0.717) is 49.5 Å².